The highest BCUT2D eigenvalue weighted by Crippen LogP contribution is 2.55. The number of piperazine rings is 1. The number of nitrogens with zero attached hydrogens (tertiary/aromatic N) is 3. The van der Waals surface area contributed by atoms with E-state index in [-0.39, 0.29) is 30.1 Å². The number of hydrogen-bond donors (Lipinski definition) is 2. The number of carbonyl (C=O) groups excluding carboxylic acids is 3. The highest BCUT2D eigenvalue weighted by molar-refractivity contribution is 5.97. The summed E-state index contributed by atoms with van der Waals surface area (Å²) in [5.74, 6) is -8.20. The Bertz CT molecular complexity index is 1490. The van der Waals surface area contributed by atoms with E-state index in [0.29, 0.717) is 26.2 Å². The van der Waals surface area contributed by atoms with Crippen LogP contribution in [0.25, 0.3) is 0 Å². The van der Waals surface area contributed by atoms with Gasteiger partial charge in [-0.15, -0.1) is 0 Å². The summed E-state index contributed by atoms with van der Waals surface area (Å²) in [6.45, 7) is 8.91. The summed E-state index contributed by atoms with van der Waals surface area (Å²) in [6, 6.07) is 4.26. The van der Waals surface area contributed by atoms with Crippen LogP contribution in [0.5, 0.6) is 5.75 Å². The van der Waals surface area contributed by atoms with E-state index in [1.54, 1.807) is 25.7 Å². The molecule has 1 aromatic carbocycles. The molecule has 0 saturated carbocycles. The molecule has 4 rings (SSSR count). The first kappa shape index (κ1) is 35.8. The molecular weight excluding hydrogens is 633 g/mol. The van der Waals surface area contributed by atoms with E-state index in [1.807, 2.05) is 4.90 Å². The maximum atomic E-state index is 15.3. The van der Waals surface area contributed by atoms with Crippen LogP contribution in [0.1, 0.15) is 56.6 Å². The molecule has 0 bridgehead atoms. The second kappa shape index (κ2) is 13.6. The summed E-state index contributed by atoms with van der Waals surface area (Å²) < 4.78 is 89.5. The zero-order valence-corrected chi connectivity index (χ0v) is 26.6. The number of hydrogen-bond acceptors (Lipinski definition) is 8. The second-order valence-corrected chi connectivity index (χ2v) is 12.7. The molecule has 0 aliphatic carbocycles. The predicted octanol–water partition coefficient (Wildman–Crippen LogP) is 4.47. The zero-order valence-electron chi connectivity index (χ0n) is 26.6. The second-order valence-electron chi connectivity index (χ2n) is 12.7. The Labute approximate surface area is 268 Å². The lowest BCUT2D eigenvalue weighted by Gasteiger charge is -2.35. The molecule has 0 unspecified atom stereocenters. The first-order valence-corrected chi connectivity index (χ1v) is 14.9. The van der Waals surface area contributed by atoms with Gasteiger partial charge in [-0.1, -0.05) is 13.0 Å². The number of anilines is 1. The number of pyridine rings is 1. The van der Waals surface area contributed by atoms with Crippen molar-refractivity contribution < 1.29 is 50.5 Å². The van der Waals surface area contributed by atoms with Gasteiger partial charge in [-0.2, -0.15) is 17.6 Å². The lowest BCUT2D eigenvalue weighted by Crippen LogP contribution is -2.50. The van der Waals surface area contributed by atoms with Gasteiger partial charge in [-0.3, -0.25) is 19.5 Å². The number of aromatic nitrogens is 1. The standard InChI is InChI=1S/C31H38F5N5O6/c1-17-22(25(46-30(17,5)31(34,35)36)27(43)39-18-8-9-38-21(16-18)26(37)42)19-6-7-20(32)23(33)24(19)45-15-14-40-10-12-41(13-11-40)28(44)47-29(2,3)4/h6-9,16-17,22,25H,10-15H2,1-5H3,(H2,37,42)(H,38,39,43)/t17-,22-,25+,30+/m0/s1. The molecule has 258 valence electrons. The summed E-state index contributed by atoms with van der Waals surface area (Å²) >= 11 is 0. The van der Waals surface area contributed by atoms with Gasteiger partial charge >= 0.3 is 12.3 Å². The molecule has 1 aromatic heterocycles. The Balaban J connectivity index is 1.56. The number of nitrogens with one attached hydrogen (secondary N) is 1. The zero-order chi connectivity index (χ0) is 34.9. The molecule has 2 aliphatic rings. The van der Waals surface area contributed by atoms with E-state index >= 15 is 4.39 Å². The number of ether oxygens (including phenoxy) is 3. The summed E-state index contributed by atoms with van der Waals surface area (Å²) in [5.41, 5.74) is 1.34. The average Bonchev–Trinajstić information content (AvgIpc) is 3.26. The monoisotopic (exact) mass is 671 g/mol. The van der Waals surface area contributed by atoms with Crippen molar-refractivity contribution in [2.75, 3.05) is 44.6 Å². The maximum absolute atomic E-state index is 15.3. The van der Waals surface area contributed by atoms with Gasteiger partial charge in [0, 0.05) is 62.0 Å². The third kappa shape index (κ3) is 7.92. The summed E-state index contributed by atoms with van der Waals surface area (Å²) in [6.07, 6.45) is -6.06. The van der Waals surface area contributed by atoms with E-state index in [2.05, 4.69) is 10.3 Å². The molecule has 2 fully saturated rings. The van der Waals surface area contributed by atoms with E-state index < -0.39 is 70.6 Å². The number of carbonyl (C=O) groups is 3. The van der Waals surface area contributed by atoms with Crippen molar-refractivity contribution in [2.24, 2.45) is 11.7 Å². The van der Waals surface area contributed by atoms with Gasteiger partial charge in [0.15, 0.2) is 17.2 Å². The summed E-state index contributed by atoms with van der Waals surface area (Å²) in [4.78, 5) is 44.6. The molecule has 0 radical (unpaired) electrons. The van der Waals surface area contributed by atoms with Gasteiger partial charge in [-0.05, 0) is 45.9 Å². The van der Waals surface area contributed by atoms with Gasteiger partial charge in [-0.25, -0.2) is 9.18 Å². The average molecular weight is 672 g/mol. The molecule has 2 saturated heterocycles. The van der Waals surface area contributed by atoms with Crippen LogP contribution in [0.15, 0.2) is 30.5 Å². The third-order valence-electron chi connectivity index (χ3n) is 8.32. The Kier molecular flexibility index (Phi) is 10.3. The number of halogens is 5. The smallest absolute Gasteiger partial charge is 0.417 e. The van der Waals surface area contributed by atoms with E-state index in [4.69, 9.17) is 19.9 Å². The van der Waals surface area contributed by atoms with Crippen LogP contribution in [-0.4, -0.2) is 95.5 Å². The van der Waals surface area contributed by atoms with Crippen molar-refractivity contribution in [1.82, 2.24) is 14.8 Å². The SMILES string of the molecule is C[C@H]1[C@@H](c2ccc(F)c(F)c2OCCN2CCN(C(=O)OC(C)(C)C)CC2)[C@H](C(=O)Nc2ccnc(C(N)=O)c2)O[C@@]1(C)C(F)(F)F. The predicted molar refractivity (Wildman–Crippen MR) is 159 cm³/mol. The largest absolute Gasteiger partial charge is 0.489 e. The highest BCUT2D eigenvalue weighted by atomic mass is 19.4. The van der Waals surface area contributed by atoms with Crippen LogP contribution in [-0.2, 0) is 14.3 Å². The number of rotatable bonds is 8. The molecule has 4 atom stereocenters. The summed E-state index contributed by atoms with van der Waals surface area (Å²) in [5, 5.41) is 2.41. The van der Waals surface area contributed by atoms with Crippen molar-refractivity contribution in [3.05, 3.63) is 53.4 Å². The van der Waals surface area contributed by atoms with Crippen LogP contribution in [0.3, 0.4) is 0 Å². The van der Waals surface area contributed by atoms with Crippen molar-refractivity contribution in [1.29, 1.82) is 0 Å². The minimum Gasteiger partial charge on any atom is -0.489 e. The molecular formula is C31H38F5N5O6. The molecule has 3 amide bonds. The van der Waals surface area contributed by atoms with Gasteiger partial charge in [0.1, 0.15) is 24.0 Å². The van der Waals surface area contributed by atoms with Crippen molar-refractivity contribution in [3.63, 3.8) is 0 Å². The number of alkyl halides is 3. The number of nitrogens with two attached hydrogens (primary N) is 1. The molecule has 2 aromatic rings. The van der Waals surface area contributed by atoms with Gasteiger partial charge < -0.3 is 30.2 Å². The Morgan fingerprint density at radius 3 is 2.36 bits per heavy atom. The minimum absolute atomic E-state index is 0.00272. The molecule has 0 spiro atoms. The van der Waals surface area contributed by atoms with Crippen LogP contribution >= 0.6 is 0 Å². The quantitative estimate of drug-likeness (QED) is 0.393. The third-order valence-corrected chi connectivity index (χ3v) is 8.32. The maximum Gasteiger partial charge on any atom is 0.417 e. The van der Waals surface area contributed by atoms with Gasteiger partial charge in [0.05, 0.1) is 0 Å². The van der Waals surface area contributed by atoms with Crippen molar-refractivity contribution in [2.45, 2.75) is 64.0 Å². The van der Waals surface area contributed by atoms with Crippen molar-refractivity contribution >= 4 is 23.6 Å². The number of primary amides is 1. The fourth-order valence-corrected chi connectivity index (χ4v) is 5.59. The lowest BCUT2D eigenvalue weighted by molar-refractivity contribution is -0.272. The first-order chi connectivity index (χ1) is 21.8. The highest BCUT2D eigenvalue weighted by Gasteiger charge is 2.66. The van der Waals surface area contributed by atoms with Crippen molar-refractivity contribution in [3.8, 4) is 5.75 Å². The van der Waals surface area contributed by atoms with Gasteiger partial charge in [0.2, 0.25) is 5.82 Å². The molecule has 3 N–H and O–H groups in total. The molecule has 3 heterocycles. The lowest BCUT2D eigenvalue weighted by atomic mass is 9.77. The number of benzene rings is 1. The molecule has 11 nitrogen and oxygen atoms in total. The molecule has 16 heteroatoms. The Morgan fingerprint density at radius 2 is 1.77 bits per heavy atom. The first-order valence-electron chi connectivity index (χ1n) is 14.9. The van der Waals surface area contributed by atoms with E-state index in [0.717, 1.165) is 25.1 Å². The number of amides is 3. The van der Waals surface area contributed by atoms with E-state index in [9.17, 15) is 31.9 Å². The molecule has 47 heavy (non-hydrogen) atoms. The van der Waals surface area contributed by atoms with Crippen LogP contribution < -0.4 is 15.8 Å². The van der Waals surface area contributed by atoms with Crippen LogP contribution in [0.2, 0.25) is 0 Å². The summed E-state index contributed by atoms with van der Waals surface area (Å²) in [7, 11) is 0. The normalized spacial score (nSPS) is 23.8. The van der Waals surface area contributed by atoms with Crippen LogP contribution in [0.4, 0.5) is 32.4 Å². The Hall–Kier alpha value is -4.05. The molecule has 2 aliphatic heterocycles. The fourth-order valence-electron chi connectivity index (χ4n) is 5.59. The van der Waals surface area contributed by atoms with E-state index in [1.165, 1.54) is 19.2 Å². The fraction of sp³-hybridized carbons (Fsp3) is 0.548. The minimum atomic E-state index is -4.95. The van der Waals surface area contributed by atoms with Crippen LogP contribution in [0, 0.1) is 17.6 Å². The topological polar surface area (TPSA) is 136 Å². The van der Waals surface area contributed by atoms with Gasteiger partial charge in [0.25, 0.3) is 11.8 Å². The Morgan fingerprint density at radius 1 is 1.11 bits per heavy atom.